The summed E-state index contributed by atoms with van der Waals surface area (Å²) in [5, 5.41) is 10.2. The molecule has 0 spiro atoms. The van der Waals surface area contributed by atoms with E-state index in [1.807, 2.05) is 0 Å². The van der Waals surface area contributed by atoms with Crippen molar-refractivity contribution in [2.45, 2.75) is 157 Å². The standard InChI is InChI=1S/C56H58N2.C49H46N2/c1-36(2)43-15-24-48(25-16-43)57(46-20-11-38(5)12-21-46)54-50-9-7-8-10-51(50)55(58(47-22-13-39(6)14-23-47)49-26-17-44(18-27-49)37(3)4)53-32-45(19-28-52(53)54)56-33-40-29-41(34-56)31-42(30-40)35-56;1-32-11-7-15-39(25-32)50(40-16-8-12-33(2)26-40)48-43-19-5-6-20-44(43)49(47-31-38(23-24-45(47)48)46-30-36-21-22-37(46)29-36)51(41-17-9-13-34(3)27-41)42-18-10-14-35(4)28-42/h7-28,32,36-37,40-42H,29-31,33-35H2,1-6H3;5-20,23-28,31,36-37,46H,21-22,29-30H2,1-4H3. The number of nitrogens with zero attached hydrogens (tertiary/aromatic N) is 4. The molecule has 0 aliphatic heterocycles. The average Bonchev–Trinajstić information content (AvgIpc) is 1.04. The van der Waals surface area contributed by atoms with Gasteiger partial charge in [-0.3, -0.25) is 0 Å². The molecule has 3 atom stereocenters. The number of fused-ring (bicyclic) bond motifs is 6. The molecule has 0 saturated heterocycles. The van der Waals surface area contributed by atoms with Crippen LogP contribution >= 0.6 is 0 Å². The van der Waals surface area contributed by atoms with Crippen LogP contribution in [0.2, 0.25) is 0 Å². The fourth-order valence-corrected chi connectivity index (χ4v) is 21.0. The smallest absolute Gasteiger partial charge is 0.0620 e. The van der Waals surface area contributed by atoms with Crippen LogP contribution in [0, 0.1) is 71.1 Å². The van der Waals surface area contributed by atoms with Crippen molar-refractivity contribution in [1.82, 2.24) is 0 Å². The van der Waals surface area contributed by atoms with Crippen molar-refractivity contribution in [1.29, 1.82) is 0 Å². The zero-order chi connectivity index (χ0) is 74.3. The lowest BCUT2D eigenvalue weighted by Gasteiger charge is -2.57. The number of hydrogen-bond donors (Lipinski definition) is 0. The van der Waals surface area contributed by atoms with E-state index in [4.69, 9.17) is 0 Å². The van der Waals surface area contributed by atoms with Gasteiger partial charge in [0.25, 0.3) is 0 Å². The Balaban J connectivity index is 0.000000155. The lowest BCUT2D eigenvalue weighted by Crippen LogP contribution is -2.48. The highest BCUT2D eigenvalue weighted by Gasteiger charge is 2.52. The summed E-state index contributed by atoms with van der Waals surface area (Å²) in [5.74, 6) is 5.88. The Bertz CT molecular complexity index is 5600. The molecule has 3 unspecified atom stereocenters. The average molecular weight is 1420 g/mol. The van der Waals surface area contributed by atoms with Gasteiger partial charge in [-0.25, -0.2) is 0 Å². The van der Waals surface area contributed by atoms with Crippen LogP contribution in [-0.2, 0) is 5.41 Å². The third kappa shape index (κ3) is 13.1. The zero-order valence-electron chi connectivity index (χ0n) is 65.5. The quantitative estimate of drug-likeness (QED) is 0.0706. The molecule has 4 nitrogen and oxygen atoms in total. The topological polar surface area (TPSA) is 13.0 Å². The summed E-state index contributed by atoms with van der Waals surface area (Å²) in [6, 6.07) is 107. The van der Waals surface area contributed by atoms with Gasteiger partial charge in [0.1, 0.15) is 0 Å². The van der Waals surface area contributed by atoms with E-state index in [0.29, 0.717) is 17.8 Å². The first-order valence-electron chi connectivity index (χ1n) is 40.8. The van der Waals surface area contributed by atoms with Gasteiger partial charge >= 0.3 is 0 Å². The Kier molecular flexibility index (Phi) is 18.4. The summed E-state index contributed by atoms with van der Waals surface area (Å²) < 4.78 is 0. The predicted octanol–water partition coefficient (Wildman–Crippen LogP) is 30.3. The first-order valence-corrected chi connectivity index (χ1v) is 40.8. The molecule has 109 heavy (non-hydrogen) atoms. The Morgan fingerprint density at radius 3 is 0.954 bits per heavy atom. The molecule has 0 amide bonds. The molecular formula is C105H104N4. The maximum absolute atomic E-state index is 2.67. The van der Waals surface area contributed by atoms with Gasteiger partial charge in [0.05, 0.1) is 22.7 Å². The second-order valence-electron chi connectivity index (χ2n) is 34.4. The van der Waals surface area contributed by atoms with Crippen LogP contribution in [0.25, 0.3) is 43.1 Å². The molecule has 20 rings (SSSR count). The van der Waals surface area contributed by atoms with Crippen LogP contribution in [0.3, 0.4) is 0 Å². The second kappa shape index (κ2) is 28.7. The molecular weight excluding hydrogens is 1320 g/mol. The van der Waals surface area contributed by atoms with Gasteiger partial charge in [0, 0.05) is 88.6 Å². The summed E-state index contributed by atoms with van der Waals surface area (Å²) in [6.45, 7) is 22.3. The van der Waals surface area contributed by atoms with E-state index < -0.39 is 0 Å². The first-order chi connectivity index (χ1) is 53.0. The van der Waals surface area contributed by atoms with E-state index in [2.05, 4.69) is 368 Å². The van der Waals surface area contributed by atoms with E-state index >= 15 is 0 Å². The van der Waals surface area contributed by atoms with Crippen LogP contribution in [0.5, 0.6) is 0 Å². The molecule has 544 valence electrons. The van der Waals surface area contributed by atoms with Crippen LogP contribution in [0.15, 0.2) is 279 Å². The highest BCUT2D eigenvalue weighted by molar-refractivity contribution is 6.25. The third-order valence-electron chi connectivity index (χ3n) is 25.9. The van der Waals surface area contributed by atoms with Gasteiger partial charge in [-0.2, -0.15) is 0 Å². The number of aryl methyl sites for hydroxylation is 6. The van der Waals surface area contributed by atoms with Crippen molar-refractivity contribution < 1.29 is 0 Å². The lowest BCUT2D eigenvalue weighted by molar-refractivity contribution is -0.00512. The Labute approximate surface area is 647 Å². The van der Waals surface area contributed by atoms with Gasteiger partial charge in [-0.05, 0) is 306 Å². The van der Waals surface area contributed by atoms with Crippen LogP contribution < -0.4 is 19.6 Å². The summed E-state index contributed by atoms with van der Waals surface area (Å²) >= 11 is 0. The minimum Gasteiger partial charge on any atom is -0.309 e. The van der Waals surface area contributed by atoms with Gasteiger partial charge in [0.2, 0.25) is 0 Å². The van der Waals surface area contributed by atoms with E-state index in [0.717, 1.165) is 29.6 Å². The monoisotopic (exact) mass is 1420 g/mol. The molecule has 14 aromatic rings. The molecule has 4 heteroatoms. The highest BCUT2D eigenvalue weighted by Crippen LogP contribution is 2.63. The molecule has 6 bridgehead atoms. The SMILES string of the molecule is Cc1ccc(N(c2ccc(C(C)C)cc2)c2c3ccccc3c(N(c3ccc(C)cc3)c3ccc(C(C)C)cc3)c3cc(C45CC6CC(CC(C6)C4)C5)ccc23)cc1.Cc1cccc(N(c2cccc(C)c2)c2c3ccccc3c(N(c3cccc(C)c3)c3cccc(C)c3)c3cc(C4CC5CCC4C5)ccc23)c1. The molecule has 0 radical (unpaired) electrons. The number of anilines is 12. The lowest BCUT2D eigenvalue weighted by atomic mass is 9.48. The fourth-order valence-electron chi connectivity index (χ4n) is 21.0. The molecule has 0 N–H and O–H groups in total. The summed E-state index contributed by atoms with van der Waals surface area (Å²) in [5.41, 5.74) is 28.0. The number of hydrogen-bond acceptors (Lipinski definition) is 4. The second-order valence-corrected chi connectivity index (χ2v) is 34.4. The number of rotatable bonds is 16. The van der Waals surface area contributed by atoms with Gasteiger partial charge in [-0.1, -0.05) is 215 Å². The third-order valence-corrected chi connectivity index (χ3v) is 25.9. The summed E-state index contributed by atoms with van der Waals surface area (Å²) in [6.07, 6.45) is 13.9. The molecule has 6 saturated carbocycles. The Hall–Kier alpha value is -10.7. The van der Waals surface area contributed by atoms with E-state index in [1.54, 1.807) is 5.56 Å². The van der Waals surface area contributed by atoms with Gasteiger partial charge < -0.3 is 19.6 Å². The molecule has 0 aromatic heterocycles. The normalized spacial score (nSPS) is 19.7. The van der Waals surface area contributed by atoms with Crippen molar-refractivity contribution in [3.63, 3.8) is 0 Å². The fraction of sp³-hybridized carbons (Fsp3) is 0.276. The molecule has 6 fully saturated rings. The zero-order valence-corrected chi connectivity index (χ0v) is 65.5. The minimum atomic E-state index is 0.267. The van der Waals surface area contributed by atoms with E-state index in [9.17, 15) is 0 Å². The van der Waals surface area contributed by atoms with E-state index in [1.165, 1.54) is 226 Å². The van der Waals surface area contributed by atoms with Crippen molar-refractivity contribution in [3.05, 3.63) is 335 Å². The van der Waals surface area contributed by atoms with Crippen molar-refractivity contribution in [2.75, 3.05) is 19.6 Å². The maximum atomic E-state index is 2.67. The first kappa shape index (κ1) is 70.0. The van der Waals surface area contributed by atoms with Gasteiger partial charge in [0.15, 0.2) is 0 Å². The molecule has 6 aliphatic carbocycles. The highest BCUT2D eigenvalue weighted by atomic mass is 15.2. The maximum Gasteiger partial charge on any atom is 0.0620 e. The predicted molar refractivity (Wildman–Crippen MR) is 466 cm³/mol. The largest absolute Gasteiger partial charge is 0.309 e. The molecule has 14 aromatic carbocycles. The van der Waals surface area contributed by atoms with E-state index in [-0.39, 0.29) is 5.41 Å². The van der Waals surface area contributed by atoms with Crippen LogP contribution in [-0.4, -0.2) is 0 Å². The molecule has 6 aliphatic rings. The minimum absolute atomic E-state index is 0.267. The Morgan fingerprint density at radius 1 is 0.266 bits per heavy atom. The van der Waals surface area contributed by atoms with Crippen LogP contribution in [0.1, 0.15) is 165 Å². The Morgan fingerprint density at radius 2 is 0.606 bits per heavy atom. The van der Waals surface area contributed by atoms with Crippen molar-refractivity contribution in [2.24, 2.45) is 29.6 Å². The summed E-state index contributed by atoms with van der Waals surface area (Å²) in [7, 11) is 0. The van der Waals surface area contributed by atoms with Crippen molar-refractivity contribution in [3.8, 4) is 0 Å². The van der Waals surface area contributed by atoms with Crippen LogP contribution in [0.4, 0.5) is 68.2 Å². The number of benzene rings is 14. The molecule has 0 heterocycles. The van der Waals surface area contributed by atoms with Crippen molar-refractivity contribution >= 4 is 111 Å². The van der Waals surface area contributed by atoms with Gasteiger partial charge in [-0.15, -0.1) is 0 Å². The summed E-state index contributed by atoms with van der Waals surface area (Å²) in [4.78, 5) is 10.1.